The van der Waals surface area contributed by atoms with Gasteiger partial charge in [-0.2, -0.15) is 0 Å². The molecule has 0 unspecified atom stereocenters. The first-order valence-electron chi connectivity index (χ1n) is 5.51. The van der Waals surface area contributed by atoms with Crippen LogP contribution in [0, 0.1) is 0 Å². The van der Waals surface area contributed by atoms with Gasteiger partial charge in [0, 0.05) is 13.1 Å². The summed E-state index contributed by atoms with van der Waals surface area (Å²) in [5, 5.41) is 8.79. The lowest BCUT2D eigenvalue weighted by Crippen LogP contribution is -2.21. The molecule has 0 aliphatic heterocycles. The fraction of sp³-hybridized carbons (Fsp3) is 0.538. The molecular weight excluding hydrogens is 186 g/mol. The van der Waals surface area contributed by atoms with Crippen LogP contribution >= 0.6 is 0 Å². The molecule has 0 heterocycles. The molecule has 0 fully saturated rings. The molecule has 0 aliphatic carbocycles. The number of nitrogens with zero attached hydrogens (tertiary/aromatic N) is 1. The second-order valence-corrected chi connectivity index (χ2v) is 4.36. The second-order valence-electron chi connectivity index (χ2n) is 4.36. The summed E-state index contributed by atoms with van der Waals surface area (Å²) in [4.78, 5) is 2.12. The first kappa shape index (κ1) is 12.2. The van der Waals surface area contributed by atoms with Crippen LogP contribution in [0.15, 0.2) is 24.3 Å². The average Bonchev–Trinajstić information content (AvgIpc) is 2.18. The van der Waals surface area contributed by atoms with Gasteiger partial charge in [0.15, 0.2) is 0 Å². The Hall–Kier alpha value is -0.860. The molecule has 1 N–H and O–H groups in total. The van der Waals surface area contributed by atoms with Crippen molar-refractivity contribution in [3.8, 4) is 0 Å². The number of likely N-dealkylation sites (N-methyl/N-ethyl adjacent to an activating group) is 1. The van der Waals surface area contributed by atoms with Gasteiger partial charge in [0.25, 0.3) is 0 Å². The Balaban J connectivity index is 2.56. The molecule has 0 spiro atoms. The Morgan fingerprint density at radius 2 is 1.80 bits per heavy atom. The van der Waals surface area contributed by atoms with E-state index in [-0.39, 0.29) is 6.61 Å². The summed E-state index contributed by atoms with van der Waals surface area (Å²) in [6, 6.07) is 8.71. The maximum absolute atomic E-state index is 8.79. The van der Waals surface area contributed by atoms with E-state index in [1.807, 2.05) is 7.05 Å². The van der Waals surface area contributed by atoms with Crippen LogP contribution in [0.2, 0.25) is 0 Å². The maximum Gasteiger partial charge on any atom is 0.0558 e. The molecule has 2 heteroatoms. The molecule has 0 amide bonds. The number of benzene rings is 1. The first-order chi connectivity index (χ1) is 7.13. The molecule has 0 aliphatic rings. The molecule has 1 rings (SSSR count). The lowest BCUT2D eigenvalue weighted by Gasteiger charge is -2.15. The zero-order valence-corrected chi connectivity index (χ0v) is 9.90. The fourth-order valence-corrected chi connectivity index (χ4v) is 1.57. The molecule has 0 saturated heterocycles. The Morgan fingerprint density at radius 3 is 2.27 bits per heavy atom. The van der Waals surface area contributed by atoms with Crippen molar-refractivity contribution >= 4 is 0 Å². The molecular formula is C13H21NO. The van der Waals surface area contributed by atoms with Crippen molar-refractivity contribution in [3.05, 3.63) is 35.4 Å². The lowest BCUT2D eigenvalue weighted by molar-refractivity contribution is 0.217. The number of rotatable bonds is 5. The van der Waals surface area contributed by atoms with E-state index >= 15 is 0 Å². The molecule has 0 atom stereocenters. The van der Waals surface area contributed by atoms with E-state index in [1.54, 1.807) is 0 Å². The van der Waals surface area contributed by atoms with Gasteiger partial charge >= 0.3 is 0 Å². The highest BCUT2D eigenvalue weighted by Crippen LogP contribution is 2.15. The summed E-state index contributed by atoms with van der Waals surface area (Å²) < 4.78 is 0. The summed E-state index contributed by atoms with van der Waals surface area (Å²) in [7, 11) is 2.02. The summed E-state index contributed by atoms with van der Waals surface area (Å²) in [6.07, 6.45) is 0. The number of hydrogen-bond donors (Lipinski definition) is 1. The van der Waals surface area contributed by atoms with Gasteiger partial charge in [0.05, 0.1) is 6.61 Å². The molecule has 0 saturated carbocycles. The Morgan fingerprint density at radius 1 is 1.20 bits per heavy atom. The van der Waals surface area contributed by atoms with Crippen LogP contribution in [0.4, 0.5) is 0 Å². The zero-order chi connectivity index (χ0) is 11.3. The second kappa shape index (κ2) is 5.89. The number of aliphatic hydroxyl groups excluding tert-OH is 1. The fourth-order valence-electron chi connectivity index (χ4n) is 1.57. The van der Waals surface area contributed by atoms with Crippen LogP contribution in [-0.4, -0.2) is 30.2 Å². The van der Waals surface area contributed by atoms with E-state index in [9.17, 15) is 0 Å². The van der Waals surface area contributed by atoms with Crippen molar-refractivity contribution in [1.29, 1.82) is 0 Å². The maximum atomic E-state index is 8.79. The first-order valence-corrected chi connectivity index (χ1v) is 5.51. The quantitative estimate of drug-likeness (QED) is 0.800. The van der Waals surface area contributed by atoms with Crippen LogP contribution in [0.5, 0.6) is 0 Å². The van der Waals surface area contributed by atoms with Gasteiger partial charge in [-0.25, -0.2) is 0 Å². The van der Waals surface area contributed by atoms with E-state index in [0.717, 1.165) is 13.1 Å². The SMILES string of the molecule is CC(C)c1ccc(CN(C)CCO)cc1. The van der Waals surface area contributed by atoms with Crippen LogP contribution in [0.3, 0.4) is 0 Å². The average molecular weight is 207 g/mol. The van der Waals surface area contributed by atoms with Crippen molar-refractivity contribution in [1.82, 2.24) is 4.90 Å². The summed E-state index contributed by atoms with van der Waals surface area (Å²) in [5.41, 5.74) is 2.68. The highest BCUT2D eigenvalue weighted by Gasteiger charge is 2.01. The lowest BCUT2D eigenvalue weighted by atomic mass is 10.0. The largest absolute Gasteiger partial charge is 0.395 e. The third kappa shape index (κ3) is 4.02. The van der Waals surface area contributed by atoms with Crippen molar-refractivity contribution < 1.29 is 5.11 Å². The summed E-state index contributed by atoms with van der Waals surface area (Å²) in [5.74, 6) is 0.592. The van der Waals surface area contributed by atoms with E-state index < -0.39 is 0 Å². The highest BCUT2D eigenvalue weighted by molar-refractivity contribution is 5.24. The van der Waals surface area contributed by atoms with Crippen molar-refractivity contribution in [2.45, 2.75) is 26.3 Å². The predicted molar refractivity (Wildman–Crippen MR) is 64.0 cm³/mol. The topological polar surface area (TPSA) is 23.5 Å². The van der Waals surface area contributed by atoms with Crippen LogP contribution in [0.1, 0.15) is 30.9 Å². The van der Waals surface area contributed by atoms with E-state index in [4.69, 9.17) is 5.11 Å². The van der Waals surface area contributed by atoms with E-state index in [1.165, 1.54) is 11.1 Å². The minimum Gasteiger partial charge on any atom is -0.395 e. The smallest absolute Gasteiger partial charge is 0.0558 e. The predicted octanol–water partition coefficient (Wildman–Crippen LogP) is 2.23. The molecule has 0 aromatic heterocycles. The monoisotopic (exact) mass is 207 g/mol. The third-order valence-electron chi connectivity index (χ3n) is 2.58. The van der Waals surface area contributed by atoms with Crippen molar-refractivity contribution in [2.24, 2.45) is 0 Å². The molecule has 0 radical (unpaired) electrons. The third-order valence-corrected chi connectivity index (χ3v) is 2.58. The minimum absolute atomic E-state index is 0.223. The summed E-state index contributed by atoms with van der Waals surface area (Å²) in [6.45, 7) is 6.26. The van der Waals surface area contributed by atoms with E-state index in [0.29, 0.717) is 5.92 Å². The van der Waals surface area contributed by atoms with Gasteiger partial charge in [-0.05, 0) is 24.1 Å². The number of hydrogen-bond acceptors (Lipinski definition) is 2. The zero-order valence-electron chi connectivity index (χ0n) is 9.90. The standard InChI is InChI=1S/C13H21NO/c1-11(2)13-6-4-12(5-7-13)10-14(3)8-9-15/h4-7,11,15H,8-10H2,1-3H3. The molecule has 0 bridgehead atoms. The summed E-state index contributed by atoms with van der Waals surface area (Å²) >= 11 is 0. The van der Waals surface area contributed by atoms with Gasteiger partial charge in [-0.15, -0.1) is 0 Å². The van der Waals surface area contributed by atoms with Gasteiger partial charge in [0.1, 0.15) is 0 Å². The minimum atomic E-state index is 0.223. The molecule has 2 nitrogen and oxygen atoms in total. The Kier molecular flexibility index (Phi) is 4.79. The number of aliphatic hydroxyl groups is 1. The highest BCUT2D eigenvalue weighted by atomic mass is 16.3. The van der Waals surface area contributed by atoms with Crippen LogP contribution in [-0.2, 0) is 6.54 Å². The molecule has 1 aromatic rings. The van der Waals surface area contributed by atoms with Crippen molar-refractivity contribution in [3.63, 3.8) is 0 Å². The van der Waals surface area contributed by atoms with Gasteiger partial charge in [-0.3, -0.25) is 4.90 Å². The normalized spacial score (nSPS) is 11.3. The van der Waals surface area contributed by atoms with Crippen LogP contribution < -0.4 is 0 Å². The Bertz CT molecular complexity index is 279. The van der Waals surface area contributed by atoms with Gasteiger partial charge in [-0.1, -0.05) is 38.1 Å². The van der Waals surface area contributed by atoms with E-state index in [2.05, 4.69) is 43.0 Å². The molecule has 84 valence electrons. The van der Waals surface area contributed by atoms with Crippen molar-refractivity contribution in [2.75, 3.05) is 20.2 Å². The Labute approximate surface area is 92.5 Å². The molecule has 15 heavy (non-hydrogen) atoms. The molecule has 1 aromatic carbocycles. The van der Waals surface area contributed by atoms with Gasteiger partial charge in [0.2, 0.25) is 0 Å². The van der Waals surface area contributed by atoms with Crippen LogP contribution in [0.25, 0.3) is 0 Å². The van der Waals surface area contributed by atoms with Gasteiger partial charge < -0.3 is 5.11 Å².